The molecule has 0 saturated carbocycles. The summed E-state index contributed by atoms with van der Waals surface area (Å²) in [5.74, 6) is -1.14. The van der Waals surface area contributed by atoms with E-state index in [0.717, 1.165) is 12.8 Å². The Bertz CT molecular complexity index is 546. The number of aryl methyl sites for hydroxylation is 1. The average molecular weight is 289 g/mol. The summed E-state index contributed by atoms with van der Waals surface area (Å²) in [5, 5.41) is 14.8. The van der Waals surface area contributed by atoms with Crippen LogP contribution in [0.15, 0.2) is 4.90 Å². The molecule has 0 radical (unpaired) electrons. The van der Waals surface area contributed by atoms with Crippen molar-refractivity contribution in [3.63, 3.8) is 0 Å². The molecular weight excluding hydrogens is 270 g/mol. The van der Waals surface area contributed by atoms with Gasteiger partial charge in [-0.25, -0.2) is 17.9 Å². The minimum Gasteiger partial charge on any atom is -0.476 e. The first-order valence-corrected chi connectivity index (χ1v) is 7.59. The van der Waals surface area contributed by atoms with Crippen molar-refractivity contribution in [2.24, 2.45) is 5.92 Å². The van der Waals surface area contributed by atoms with Crippen molar-refractivity contribution < 1.29 is 18.3 Å². The molecule has 0 aromatic carbocycles. The van der Waals surface area contributed by atoms with Crippen molar-refractivity contribution in [3.05, 3.63) is 11.4 Å². The van der Waals surface area contributed by atoms with E-state index in [2.05, 4.69) is 14.9 Å². The molecule has 1 rings (SSSR count). The number of sulfonamides is 1. The van der Waals surface area contributed by atoms with Gasteiger partial charge >= 0.3 is 5.97 Å². The van der Waals surface area contributed by atoms with Crippen LogP contribution in [0.5, 0.6) is 0 Å². The number of H-pyrrole nitrogens is 1. The monoisotopic (exact) mass is 289 g/mol. The quantitative estimate of drug-likeness (QED) is 0.696. The Kier molecular flexibility index (Phi) is 5.07. The van der Waals surface area contributed by atoms with Gasteiger partial charge in [0.15, 0.2) is 5.69 Å². The minimum atomic E-state index is -3.86. The van der Waals surface area contributed by atoms with Gasteiger partial charge in [-0.3, -0.25) is 5.10 Å². The third-order valence-corrected chi connectivity index (χ3v) is 4.66. The van der Waals surface area contributed by atoms with E-state index in [4.69, 9.17) is 5.11 Å². The van der Waals surface area contributed by atoms with Crippen LogP contribution in [0, 0.1) is 12.8 Å². The van der Waals surface area contributed by atoms with Gasteiger partial charge in [-0.15, -0.1) is 0 Å². The molecule has 0 aliphatic rings. The van der Waals surface area contributed by atoms with Gasteiger partial charge in [0, 0.05) is 6.54 Å². The van der Waals surface area contributed by atoms with Crippen LogP contribution in [0.2, 0.25) is 0 Å². The van der Waals surface area contributed by atoms with Crippen LogP contribution in [0.1, 0.15) is 42.9 Å². The lowest BCUT2D eigenvalue weighted by atomic mass is 10.0. The molecule has 0 atom stereocenters. The number of aromatic nitrogens is 2. The summed E-state index contributed by atoms with van der Waals surface area (Å²) in [7, 11) is -3.86. The molecule has 0 unspecified atom stereocenters. The molecule has 0 aliphatic carbocycles. The molecule has 0 bridgehead atoms. The highest BCUT2D eigenvalue weighted by Crippen LogP contribution is 2.18. The topological polar surface area (TPSA) is 112 Å². The Labute approximate surface area is 112 Å². The molecule has 1 heterocycles. The maximum absolute atomic E-state index is 12.1. The second kappa shape index (κ2) is 6.16. The van der Waals surface area contributed by atoms with Crippen LogP contribution < -0.4 is 4.72 Å². The highest BCUT2D eigenvalue weighted by molar-refractivity contribution is 7.89. The van der Waals surface area contributed by atoms with E-state index in [1.54, 1.807) is 0 Å². The van der Waals surface area contributed by atoms with Crippen molar-refractivity contribution >= 4 is 16.0 Å². The fourth-order valence-corrected chi connectivity index (χ4v) is 3.21. The lowest BCUT2D eigenvalue weighted by Crippen LogP contribution is -2.30. The first kappa shape index (κ1) is 15.6. The maximum Gasteiger partial charge on any atom is 0.357 e. The van der Waals surface area contributed by atoms with E-state index in [0.29, 0.717) is 6.54 Å². The lowest BCUT2D eigenvalue weighted by molar-refractivity contribution is 0.0686. The number of hydrogen-bond donors (Lipinski definition) is 3. The summed E-state index contributed by atoms with van der Waals surface area (Å²) >= 11 is 0. The molecule has 0 aliphatic heterocycles. The molecule has 0 saturated heterocycles. The molecule has 3 N–H and O–H groups in total. The zero-order chi connectivity index (χ0) is 14.6. The van der Waals surface area contributed by atoms with E-state index >= 15 is 0 Å². The molecule has 7 nitrogen and oxygen atoms in total. The fourth-order valence-electron chi connectivity index (χ4n) is 1.77. The van der Waals surface area contributed by atoms with Gasteiger partial charge in [-0.2, -0.15) is 5.10 Å². The largest absolute Gasteiger partial charge is 0.476 e. The number of rotatable bonds is 7. The smallest absolute Gasteiger partial charge is 0.357 e. The standard InChI is InChI=1S/C11H19N3O4S/c1-4-8(5-2)6-12-19(17,18)10-7(3)13-14-9(10)11(15)16/h8,12H,4-6H2,1-3H3,(H,13,14)(H,15,16). The SMILES string of the molecule is CCC(CC)CNS(=O)(=O)c1c(C(=O)O)n[nH]c1C. The van der Waals surface area contributed by atoms with Gasteiger partial charge in [-0.1, -0.05) is 26.7 Å². The number of aromatic carboxylic acids is 1. The number of hydrogen-bond acceptors (Lipinski definition) is 4. The van der Waals surface area contributed by atoms with Crippen molar-refractivity contribution in [1.82, 2.24) is 14.9 Å². The average Bonchev–Trinajstić information content (AvgIpc) is 2.73. The second-order valence-electron chi connectivity index (χ2n) is 4.37. The summed E-state index contributed by atoms with van der Waals surface area (Å²) in [5.41, 5.74) is -0.260. The molecule has 1 aromatic heterocycles. The molecular formula is C11H19N3O4S. The Hall–Kier alpha value is -1.41. The summed E-state index contributed by atoms with van der Waals surface area (Å²) in [4.78, 5) is 10.7. The number of aromatic amines is 1. The van der Waals surface area contributed by atoms with Crippen LogP contribution in [-0.4, -0.2) is 36.2 Å². The lowest BCUT2D eigenvalue weighted by Gasteiger charge is -2.13. The molecule has 19 heavy (non-hydrogen) atoms. The van der Waals surface area contributed by atoms with Crippen molar-refractivity contribution in [1.29, 1.82) is 0 Å². The first-order chi connectivity index (χ1) is 8.83. The summed E-state index contributed by atoms with van der Waals surface area (Å²) in [6, 6.07) is 0. The summed E-state index contributed by atoms with van der Waals surface area (Å²) < 4.78 is 26.7. The van der Waals surface area contributed by atoms with Gasteiger partial charge < -0.3 is 5.11 Å². The van der Waals surface area contributed by atoms with E-state index in [1.807, 2.05) is 13.8 Å². The summed E-state index contributed by atoms with van der Waals surface area (Å²) in [6.07, 6.45) is 1.71. The first-order valence-electron chi connectivity index (χ1n) is 6.11. The Morgan fingerprint density at radius 3 is 2.47 bits per heavy atom. The van der Waals surface area contributed by atoms with Crippen molar-refractivity contribution in [2.45, 2.75) is 38.5 Å². The molecule has 8 heteroatoms. The highest BCUT2D eigenvalue weighted by atomic mass is 32.2. The number of nitrogens with zero attached hydrogens (tertiary/aromatic N) is 1. The molecule has 0 spiro atoms. The fraction of sp³-hybridized carbons (Fsp3) is 0.636. The number of carbonyl (C=O) groups is 1. The van der Waals surface area contributed by atoms with Gasteiger partial charge in [0.2, 0.25) is 10.0 Å². The maximum atomic E-state index is 12.1. The van der Waals surface area contributed by atoms with Crippen molar-refractivity contribution in [3.8, 4) is 0 Å². The van der Waals surface area contributed by atoms with E-state index in [9.17, 15) is 13.2 Å². The summed E-state index contributed by atoms with van der Waals surface area (Å²) in [6.45, 7) is 5.73. The van der Waals surface area contributed by atoms with Crippen molar-refractivity contribution in [2.75, 3.05) is 6.54 Å². The van der Waals surface area contributed by atoms with Gasteiger partial charge in [-0.05, 0) is 12.8 Å². The Morgan fingerprint density at radius 2 is 2.00 bits per heavy atom. The van der Waals surface area contributed by atoms with Crippen LogP contribution in [-0.2, 0) is 10.0 Å². The zero-order valence-electron chi connectivity index (χ0n) is 11.2. The van der Waals surface area contributed by atoms with E-state index in [1.165, 1.54) is 6.92 Å². The second-order valence-corrected chi connectivity index (χ2v) is 6.07. The third kappa shape index (κ3) is 3.54. The van der Waals surface area contributed by atoms with Gasteiger partial charge in [0.1, 0.15) is 4.90 Å². The normalized spacial score (nSPS) is 12.0. The zero-order valence-corrected chi connectivity index (χ0v) is 12.0. The molecule has 0 amide bonds. The number of carboxylic acids is 1. The predicted molar refractivity (Wildman–Crippen MR) is 69.5 cm³/mol. The van der Waals surface area contributed by atoms with Crippen LogP contribution >= 0.6 is 0 Å². The molecule has 1 aromatic rings. The number of nitrogens with one attached hydrogen (secondary N) is 2. The highest BCUT2D eigenvalue weighted by Gasteiger charge is 2.28. The minimum absolute atomic E-state index is 0.217. The van der Waals surface area contributed by atoms with Crippen LogP contribution in [0.25, 0.3) is 0 Å². The Balaban J connectivity index is 3.01. The number of carboxylic acid groups (broad SMARTS) is 1. The Morgan fingerprint density at radius 1 is 1.42 bits per heavy atom. The van der Waals surface area contributed by atoms with Gasteiger partial charge in [0.25, 0.3) is 0 Å². The van der Waals surface area contributed by atoms with Crippen LogP contribution in [0.4, 0.5) is 0 Å². The van der Waals surface area contributed by atoms with Gasteiger partial charge in [0.05, 0.1) is 5.69 Å². The molecule has 0 fully saturated rings. The molecule has 108 valence electrons. The van der Waals surface area contributed by atoms with E-state index < -0.39 is 21.7 Å². The van der Waals surface area contributed by atoms with E-state index in [-0.39, 0.29) is 16.5 Å². The third-order valence-electron chi connectivity index (χ3n) is 3.08. The predicted octanol–water partition coefficient (Wildman–Crippen LogP) is 1.13. The van der Waals surface area contributed by atoms with Crippen LogP contribution in [0.3, 0.4) is 0 Å².